The lowest BCUT2D eigenvalue weighted by atomic mass is 9.17. The molecule has 1 aliphatic rings. The Labute approximate surface area is 511 Å². The molecule has 11 aromatic carbocycles. The van der Waals surface area contributed by atoms with Gasteiger partial charge in [0.1, 0.15) is 18.1 Å². The fourth-order valence-corrected chi connectivity index (χ4v) is 12.0. The predicted molar refractivity (Wildman–Crippen MR) is 369 cm³/mol. The highest BCUT2D eigenvalue weighted by Crippen LogP contribution is 2.37. The summed E-state index contributed by atoms with van der Waals surface area (Å²) in [5.41, 5.74) is 32.0. The lowest BCUT2D eigenvalue weighted by Gasteiger charge is -2.39. The smallest absolute Gasteiger partial charge is 0.373 e. The Balaban J connectivity index is 0.000000121. The normalized spacial score (nSPS) is 12.4. The number of aryl methyl sites for hydroxylation is 3. The molecule has 0 bridgehead atoms. The van der Waals surface area contributed by atoms with Crippen LogP contribution in [-0.2, 0) is 7.05 Å². The van der Waals surface area contributed by atoms with E-state index in [2.05, 4.69) is 212 Å². The Morgan fingerprint density at radius 3 is 1.22 bits per heavy atom. The van der Waals surface area contributed by atoms with E-state index < -0.39 is 12.3 Å². The highest BCUT2D eigenvalue weighted by atomic mass is 16.5. The minimum absolute atomic E-state index is 0.758. The SMILES string of the molecule is CN1/C(=C/C=C/c2oc3ccccc3[n+]2C)Oc2ccccc21.C[B-](c1ccccc1)(c1ccccc1)c1ccccc1.C[B-](c1ccccc1)(c1ccccc1)c1ccccc1.Cc1cc2nc3cc(C)c(N)cc3[n+](-c3ccccc3)c2cc1N. The first-order valence-electron chi connectivity index (χ1n) is 29.8. The van der Waals surface area contributed by atoms with Crippen LogP contribution in [0.25, 0.3) is 44.9 Å². The molecule has 0 amide bonds. The second-order valence-corrected chi connectivity index (χ2v) is 22.7. The summed E-state index contributed by atoms with van der Waals surface area (Å²) in [6.07, 6.45) is 3.99. The second-order valence-electron chi connectivity index (χ2n) is 22.7. The molecule has 2 aromatic heterocycles. The third-order valence-electron chi connectivity index (χ3n) is 17.3. The zero-order valence-electron chi connectivity index (χ0n) is 50.3. The van der Waals surface area contributed by atoms with E-state index in [0.29, 0.717) is 0 Å². The van der Waals surface area contributed by atoms with Crippen molar-refractivity contribution in [3.63, 3.8) is 0 Å². The Kier molecular flexibility index (Phi) is 17.4. The second kappa shape index (κ2) is 26.1. The molecule has 4 N–H and O–H groups in total. The van der Waals surface area contributed by atoms with Crippen LogP contribution in [0.3, 0.4) is 0 Å². The first kappa shape index (κ1) is 58.1. The van der Waals surface area contributed by atoms with Crippen LogP contribution in [0.4, 0.5) is 17.1 Å². The Morgan fingerprint density at radius 1 is 0.448 bits per heavy atom. The molecular weight excluding hydrogens is 1060 g/mol. The lowest BCUT2D eigenvalue weighted by Crippen LogP contribution is -2.64. The van der Waals surface area contributed by atoms with Gasteiger partial charge in [-0.2, -0.15) is 18.2 Å². The van der Waals surface area contributed by atoms with Gasteiger partial charge in [0.15, 0.2) is 11.6 Å². The number of rotatable bonds is 9. The molecular formula is C77H72B2N6O2. The van der Waals surface area contributed by atoms with E-state index in [1.165, 1.54) is 32.8 Å². The first-order valence-corrected chi connectivity index (χ1v) is 29.8. The molecule has 87 heavy (non-hydrogen) atoms. The minimum atomic E-state index is -0.912. The fourth-order valence-electron chi connectivity index (χ4n) is 12.0. The third kappa shape index (κ3) is 12.3. The molecule has 0 aliphatic carbocycles. The van der Waals surface area contributed by atoms with E-state index in [4.69, 9.17) is 25.6 Å². The van der Waals surface area contributed by atoms with Gasteiger partial charge in [0.05, 0.1) is 24.1 Å². The predicted octanol–water partition coefficient (Wildman–Crippen LogP) is 12.7. The number of nitrogens with two attached hydrogens (primary N) is 2. The van der Waals surface area contributed by atoms with Crippen LogP contribution in [0.5, 0.6) is 5.75 Å². The van der Waals surface area contributed by atoms with Crippen LogP contribution in [0, 0.1) is 13.8 Å². The number of allylic oxidation sites excluding steroid dienone is 2. The number of benzene rings is 11. The van der Waals surface area contributed by atoms with Crippen molar-refractivity contribution < 1.29 is 18.3 Å². The Bertz CT molecular complexity index is 4130. The molecule has 428 valence electrons. The number of hydrogen-bond donors (Lipinski definition) is 2. The summed E-state index contributed by atoms with van der Waals surface area (Å²) in [4.78, 5) is 6.86. The van der Waals surface area contributed by atoms with Gasteiger partial charge in [-0.15, -0.1) is 4.57 Å². The average Bonchev–Trinajstić information content (AvgIpc) is 3.67. The Morgan fingerprint density at radius 2 is 0.816 bits per heavy atom. The van der Waals surface area contributed by atoms with Gasteiger partial charge < -0.3 is 25.5 Å². The molecule has 3 heterocycles. The highest BCUT2D eigenvalue weighted by Gasteiger charge is 2.27. The van der Waals surface area contributed by atoms with Crippen LogP contribution < -0.4 is 63.0 Å². The van der Waals surface area contributed by atoms with Crippen molar-refractivity contribution in [1.82, 2.24) is 4.98 Å². The standard InChI is InChI=1S/C20H18N4.2C19H18B.C19H17N2O2/c1-12-8-17-19(10-15(12)21)24(14-6-4-3-5-7-14)20-11-16(22)13(2)9-18(20)23-17;2*1-20(17-11-5-2-6-12-17,18-13-7-3-8-14-18)19-15-9-4-10-16-19;1-20-14-8-3-5-10-16(14)22-18(20)12-7-13-19-21(2)15-9-4-6-11-17(15)23-19/h3-11H,1-2H3,(H3,21,22);2*2-16H,1H3;3-13H,1-2H3/q;2*-1;+1/p+1. The van der Waals surface area contributed by atoms with Crippen LogP contribution >= 0.6 is 0 Å². The molecule has 0 saturated heterocycles. The number of hydrogen-bond acceptors (Lipinski definition) is 6. The lowest BCUT2D eigenvalue weighted by molar-refractivity contribution is -0.652. The summed E-state index contributed by atoms with van der Waals surface area (Å²) in [6.45, 7) is 8.73. The van der Waals surface area contributed by atoms with Gasteiger partial charge in [0.2, 0.25) is 22.3 Å². The maximum Gasteiger partial charge on any atom is 0.373 e. The van der Waals surface area contributed by atoms with E-state index in [-0.39, 0.29) is 0 Å². The highest BCUT2D eigenvalue weighted by molar-refractivity contribution is 7.11. The summed E-state index contributed by atoms with van der Waals surface area (Å²) < 4.78 is 15.9. The molecule has 0 spiro atoms. The minimum Gasteiger partial charge on any atom is -0.439 e. The number of ether oxygens (including phenoxy) is 1. The molecule has 8 nitrogen and oxygen atoms in total. The van der Waals surface area contributed by atoms with Crippen LogP contribution in [-0.4, -0.2) is 24.3 Å². The molecule has 13 aromatic rings. The largest absolute Gasteiger partial charge is 0.439 e. The quantitative estimate of drug-likeness (QED) is 0.0647. The molecule has 1 aliphatic heterocycles. The van der Waals surface area contributed by atoms with E-state index in [9.17, 15) is 0 Å². The number of aromatic nitrogens is 3. The summed E-state index contributed by atoms with van der Waals surface area (Å²) in [5, 5.41) is 0. The van der Waals surface area contributed by atoms with Gasteiger partial charge in [-0.25, -0.2) is 37.8 Å². The number of fused-ring (bicyclic) bond motifs is 4. The molecule has 0 radical (unpaired) electrons. The molecule has 0 fully saturated rings. The first-order chi connectivity index (χ1) is 42.4. The Hall–Kier alpha value is -10.7. The number of para-hydroxylation sites is 5. The van der Waals surface area contributed by atoms with E-state index in [0.717, 1.165) is 84.6 Å². The topological polar surface area (TPSA) is 98.3 Å². The van der Waals surface area contributed by atoms with Crippen LogP contribution in [0.2, 0.25) is 13.6 Å². The van der Waals surface area contributed by atoms with Crippen molar-refractivity contribution in [2.24, 2.45) is 7.05 Å². The summed E-state index contributed by atoms with van der Waals surface area (Å²) in [6, 6.07) is 99.0. The fraction of sp³-hybridized carbons (Fsp3) is 0.0779. The maximum absolute atomic E-state index is 6.17. The van der Waals surface area contributed by atoms with Crippen molar-refractivity contribution in [3.05, 3.63) is 320 Å². The molecule has 14 rings (SSSR count). The van der Waals surface area contributed by atoms with Crippen molar-refractivity contribution in [1.29, 1.82) is 0 Å². The van der Waals surface area contributed by atoms with Gasteiger partial charge in [0, 0.05) is 48.8 Å². The molecule has 0 saturated carbocycles. The zero-order chi connectivity index (χ0) is 60.3. The molecule has 10 heteroatoms. The van der Waals surface area contributed by atoms with E-state index in [1.807, 2.05) is 147 Å². The van der Waals surface area contributed by atoms with Gasteiger partial charge in [-0.05, 0) is 67.5 Å². The molecule has 0 atom stereocenters. The number of oxazole rings is 1. The van der Waals surface area contributed by atoms with Gasteiger partial charge in [-0.3, -0.25) is 0 Å². The number of anilines is 3. The average molecular weight is 1140 g/mol. The number of nitrogens with zero attached hydrogens (tertiary/aromatic N) is 4. The third-order valence-corrected chi connectivity index (χ3v) is 17.3. The van der Waals surface area contributed by atoms with Gasteiger partial charge in [0.25, 0.3) is 5.52 Å². The van der Waals surface area contributed by atoms with Gasteiger partial charge >= 0.3 is 5.89 Å². The van der Waals surface area contributed by atoms with Crippen molar-refractivity contribution >= 4 is 101 Å². The zero-order valence-corrected chi connectivity index (χ0v) is 50.3. The van der Waals surface area contributed by atoms with Crippen LogP contribution in [0.1, 0.15) is 17.0 Å². The maximum atomic E-state index is 6.17. The van der Waals surface area contributed by atoms with Crippen molar-refractivity contribution in [2.45, 2.75) is 27.5 Å². The molecule has 0 unspecified atom stereocenters. The van der Waals surface area contributed by atoms with E-state index >= 15 is 0 Å². The van der Waals surface area contributed by atoms with Crippen LogP contribution in [0.15, 0.2) is 308 Å². The van der Waals surface area contributed by atoms with Crippen molar-refractivity contribution in [2.75, 3.05) is 23.4 Å². The summed E-state index contributed by atoms with van der Waals surface area (Å²) >= 11 is 0. The summed E-state index contributed by atoms with van der Waals surface area (Å²) in [7, 11) is 3.99. The monoisotopic (exact) mass is 1130 g/mol. The summed E-state index contributed by atoms with van der Waals surface area (Å²) in [5.74, 6) is 2.46. The van der Waals surface area contributed by atoms with Gasteiger partial charge in [-0.1, -0.05) is 224 Å². The van der Waals surface area contributed by atoms with E-state index in [1.54, 1.807) is 0 Å². The number of nitrogen functional groups attached to an aromatic ring is 2. The van der Waals surface area contributed by atoms with Crippen molar-refractivity contribution in [3.8, 4) is 11.4 Å².